The maximum absolute atomic E-state index is 13.1. The molecule has 2 aromatic carbocycles. The van der Waals surface area contributed by atoms with Gasteiger partial charge in [-0.2, -0.15) is 0 Å². The van der Waals surface area contributed by atoms with Gasteiger partial charge in [0.05, 0.1) is 23.2 Å². The maximum Gasteiger partial charge on any atom is 0.253 e. The summed E-state index contributed by atoms with van der Waals surface area (Å²) in [4.78, 5) is 25.7. The summed E-state index contributed by atoms with van der Waals surface area (Å²) in [6.45, 7) is 2.69. The number of anilines is 2. The molecule has 31 heavy (non-hydrogen) atoms. The minimum atomic E-state index is -3.73. The van der Waals surface area contributed by atoms with Crippen molar-refractivity contribution >= 4 is 33.2 Å². The van der Waals surface area contributed by atoms with Gasteiger partial charge in [-0.15, -0.1) is 0 Å². The van der Waals surface area contributed by atoms with Crippen LogP contribution < -0.4 is 14.9 Å². The molecule has 0 spiro atoms. The zero-order valence-electron chi connectivity index (χ0n) is 18.0. The summed E-state index contributed by atoms with van der Waals surface area (Å²) in [5, 5.41) is 5.52. The minimum absolute atomic E-state index is 0.249. The molecule has 0 radical (unpaired) electrons. The van der Waals surface area contributed by atoms with Gasteiger partial charge in [-0.1, -0.05) is 37.3 Å². The molecule has 0 fully saturated rings. The van der Waals surface area contributed by atoms with Crippen LogP contribution in [0.1, 0.15) is 30.1 Å². The normalized spacial score (nSPS) is 12.1. The van der Waals surface area contributed by atoms with E-state index in [1.54, 1.807) is 68.6 Å². The number of hydrogen-bond acceptors (Lipinski definition) is 5. The first-order valence-corrected chi connectivity index (χ1v) is 11.9. The van der Waals surface area contributed by atoms with E-state index in [1.807, 2.05) is 0 Å². The highest BCUT2D eigenvalue weighted by Crippen LogP contribution is 2.24. The second kappa shape index (κ2) is 11.5. The Morgan fingerprint density at radius 3 is 2.32 bits per heavy atom. The first-order chi connectivity index (χ1) is 14.8. The summed E-state index contributed by atoms with van der Waals surface area (Å²) in [5.74, 6) is -0.848. The molecular formula is C22H29N3O5S. The van der Waals surface area contributed by atoms with E-state index in [4.69, 9.17) is 4.74 Å². The van der Waals surface area contributed by atoms with Crippen LogP contribution in [0, 0.1) is 0 Å². The largest absolute Gasteiger partial charge is 0.385 e. The highest BCUT2D eigenvalue weighted by atomic mass is 32.2. The molecule has 0 unspecified atom stereocenters. The topological polar surface area (TPSA) is 105 Å². The Bertz CT molecular complexity index is 980. The van der Waals surface area contributed by atoms with E-state index >= 15 is 0 Å². The molecule has 0 aliphatic rings. The zero-order chi connectivity index (χ0) is 22.9. The lowest BCUT2D eigenvalue weighted by atomic mass is 10.1. The fraction of sp³-hybridized carbons (Fsp3) is 0.364. The molecule has 168 valence electrons. The highest BCUT2D eigenvalue weighted by molar-refractivity contribution is 7.92. The van der Waals surface area contributed by atoms with Crippen molar-refractivity contribution in [1.82, 2.24) is 5.32 Å². The predicted octanol–water partition coefficient (Wildman–Crippen LogP) is 2.64. The molecule has 2 aromatic rings. The number of rotatable bonds is 11. The van der Waals surface area contributed by atoms with Crippen LogP contribution in [-0.4, -0.2) is 52.8 Å². The first kappa shape index (κ1) is 24.4. The lowest BCUT2D eigenvalue weighted by molar-refractivity contribution is -0.117. The van der Waals surface area contributed by atoms with Gasteiger partial charge in [0.2, 0.25) is 15.9 Å². The number of para-hydroxylation sites is 2. The lowest BCUT2D eigenvalue weighted by Gasteiger charge is -2.30. The Hall–Kier alpha value is -2.91. The molecule has 1 atom stereocenters. The van der Waals surface area contributed by atoms with Crippen molar-refractivity contribution in [2.24, 2.45) is 0 Å². The molecule has 9 heteroatoms. The summed E-state index contributed by atoms with van der Waals surface area (Å²) in [5.41, 5.74) is 1.02. The van der Waals surface area contributed by atoms with Crippen LogP contribution in [0.15, 0.2) is 54.6 Å². The molecule has 0 saturated heterocycles. The maximum atomic E-state index is 13.1. The van der Waals surface area contributed by atoms with Crippen LogP contribution >= 0.6 is 0 Å². The molecule has 2 N–H and O–H groups in total. The van der Waals surface area contributed by atoms with Gasteiger partial charge in [-0.25, -0.2) is 8.42 Å². The highest BCUT2D eigenvalue weighted by Gasteiger charge is 2.31. The molecule has 8 nitrogen and oxygen atoms in total. The number of amides is 2. The molecule has 2 amide bonds. The number of carbonyl (C=O) groups is 2. The lowest BCUT2D eigenvalue weighted by Crippen LogP contribution is -2.47. The third-order valence-electron chi connectivity index (χ3n) is 4.58. The van der Waals surface area contributed by atoms with Crippen LogP contribution in [0.3, 0.4) is 0 Å². The molecule has 0 aromatic heterocycles. The van der Waals surface area contributed by atoms with Crippen molar-refractivity contribution < 1.29 is 22.7 Å². The Labute approximate surface area is 183 Å². The number of nitrogens with one attached hydrogen (secondary N) is 2. The molecule has 0 aliphatic carbocycles. The molecule has 0 aliphatic heterocycles. The number of carbonyl (C=O) groups excluding carboxylic acids is 2. The van der Waals surface area contributed by atoms with E-state index in [0.29, 0.717) is 36.5 Å². The van der Waals surface area contributed by atoms with Crippen molar-refractivity contribution in [2.75, 3.05) is 36.1 Å². The number of hydrogen-bond donors (Lipinski definition) is 2. The van der Waals surface area contributed by atoms with E-state index in [-0.39, 0.29) is 12.3 Å². The van der Waals surface area contributed by atoms with E-state index in [2.05, 4.69) is 10.6 Å². The number of methoxy groups -OCH3 is 1. The van der Waals surface area contributed by atoms with Crippen molar-refractivity contribution in [2.45, 2.75) is 25.8 Å². The van der Waals surface area contributed by atoms with Gasteiger partial charge in [-0.3, -0.25) is 13.9 Å². The molecule has 0 saturated carbocycles. The summed E-state index contributed by atoms with van der Waals surface area (Å²) in [6, 6.07) is 14.1. The van der Waals surface area contributed by atoms with Gasteiger partial charge in [0.25, 0.3) is 5.91 Å². The number of benzene rings is 2. The Kier molecular flexibility index (Phi) is 9.02. The van der Waals surface area contributed by atoms with Gasteiger partial charge >= 0.3 is 0 Å². The smallest absolute Gasteiger partial charge is 0.253 e. The predicted molar refractivity (Wildman–Crippen MR) is 122 cm³/mol. The van der Waals surface area contributed by atoms with Crippen LogP contribution in [-0.2, 0) is 19.6 Å². The Morgan fingerprint density at radius 2 is 1.71 bits per heavy atom. The molecular weight excluding hydrogens is 418 g/mol. The van der Waals surface area contributed by atoms with E-state index in [9.17, 15) is 18.0 Å². The van der Waals surface area contributed by atoms with Crippen molar-refractivity contribution in [3.05, 3.63) is 60.2 Å². The fourth-order valence-corrected chi connectivity index (χ4v) is 4.37. The van der Waals surface area contributed by atoms with Gasteiger partial charge in [0.15, 0.2) is 0 Å². The average molecular weight is 448 g/mol. The van der Waals surface area contributed by atoms with Crippen molar-refractivity contribution in [3.8, 4) is 0 Å². The Balaban J connectivity index is 2.25. The first-order valence-electron chi connectivity index (χ1n) is 10.0. The summed E-state index contributed by atoms with van der Waals surface area (Å²) in [6.07, 6.45) is 1.98. The second-order valence-electron chi connectivity index (χ2n) is 6.96. The fourth-order valence-electron chi connectivity index (χ4n) is 3.15. The average Bonchev–Trinajstić information content (AvgIpc) is 2.74. The van der Waals surface area contributed by atoms with Gasteiger partial charge in [0, 0.05) is 20.3 Å². The van der Waals surface area contributed by atoms with E-state index in [0.717, 1.165) is 10.6 Å². The van der Waals surface area contributed by atoms with Crippen molar-refractivity contribution in [1.29, 1.82) is 0 Å². The third kappa shape index (κ3) is 6.80. The van der Waals surface area contributed by atoms with Crippen molar-refractivity contribution in [3.63, 3.8) is 0 Å². The zero-order valence-corrected chi connectivity index (χ0v) is 18.8. The van der Waals surface area contributed by atoms with Crippen LogP contribution in [0.4, 0.5) is 11.4 Å². The van der Waals surface area contributed by atoms with E-state index in [1.165, 1.54) is 0 Å². The molecule has 0 bridgehead atoms. The van der Waals surface area contributed by atoms with Gasteiger partial charge in [0.1, 0.15) is 6.04 Å². The Morgan fingerprint density at radius 1 is 1.06 bits per heavy atom. The van der Waals surface area contributed by atoms with Gasteiger partial charge < -0.3 is 15.4 Å². The SMILES string of the molecule is CC[C@@H](C(=O)Nc1ccccc1C(=O)NCCCOC)N(c1ccccc1)S(C)(=O)=O. The van der Waals surface area contributed by atoms with Crippen LogP contribution in [0.2, 0.25) is 0 Å². The molecule has 0 heterocycles. The van der Waals surface area contributed by atoms with Crippen LogP contribution in [0.25, 0.3) is 0 Å². The second-order valence-corrected chi connectivity index (χ2v) is 8.81. The monoisotopic (exact) mass is 447 g/mol. The summed E-state index contributed by atoms with van der Waals surface area (Å²) < 4.78 is 31.1. The summed E-state index contributed by atoms with van der Waals surface area (Å²) >= 11 is 0. The molecule has 2 rings (SSSR count). The van der Waals surface area contributed by atoms with Crippen LogP contribution in [0.5, 0.6) is 0 Å². The van der Waals surface area contributed by atoms with Gasteiger partial charge in [-0.05, 0) is 37.1 Å². The standard InChI is InChI=1S/C22H29N3O5S/c1-4-20(25(31(3,28)29)17-11-6-5-7-12-17)22(27)24-19-14-9-8-13-18(19)21(26)23-15-10-16-30-2/h5-9,11-14,20H,4,10,15-16H2,1-3H3,(H,23,26)(H,24,27)/t20-/m0/s1. The van der Waals surface area contributed by atoms with E-state index < -0.39 is 22.0 Å². The third-order valence-corrected chi connectivity index (χ3v) is 5.76. The number of ether oxygens (including phenoxy) is 1. The summed E-state index contributed by atoms with van der Waals surface area (Å²) in [7, 11) is -2.14. The number of sulfonamides is 1. The minimum Gasteiger partial charge on any atom is -0.385 e. The number of nitrogens with zero attached hydrogens (tertiary/aromatic N) is 1. The quantitative estimate of drug-likeness (QED) is 0.515.